The molecule has 1 aromatic rings. The number of hydrogen-bond donors (Lipinski definition) is 1. The summed E-state index contributed by atoms with van der Waals surface area (Å²) < 4.78 is 31.4. The van der Waals surface area contributed by atoms with Gasteiger partial charge in [-0.2, -0.15) is 0 Å². The summed E-state index contributed by atoms with van der Waals surface area (Å²) in [6.07, 6.45) is 2.99. The number of methoxy groups -OCH3 is 1. The summed E-state index contributed by atoms with van der Waals surface area (Å²) in [5.41, 5.74) is 0.750. The number of ether oxygens (including phenoxy) is 1. The lowest BCUT2D eigenvalue weighted by molar-refractivity contribution is 0.360. The summed E-state index contributed by atoms with van der Waals surface area (Å²) in [6, 6.07) is 2.38. The van der Waals surface area contributed by atoms with Gasteiger partial charge >= 0.3 is 0 Å². The van der Waals surface area contributed by atoms with Gasteiger partial charge in [0.2, 0.25) is 0 Å². The summed E-state index contributed by atoms with van der Waals surface area (Å²) in [7, 11) is 1.48. The molecule has 1 heterocycles. The first-order chi connectivity index (χ1) is 8.20. The van der Waals surface area contributed by atoms with Crippen molar-refractivity contribution in [3.8, 4) is 5.75 Å². The van der Waals surface area contributed by atoms with Gasteiger partial charge in [-0.3, -0.25) is 0 Å². The van der Waals surface area contributed by atoms with E-state index in [9.17, 15) is 8.78 Å². The molecule has 0 amide bonds. The molecule has 0 spiro atoms. The molecule has 0 radical (unpaired) electrons. The standard InChI is InChI=1S/C13H17F2NO/c1-17-13-7-12(15)11(14)6-10(13)5-9-3-2-4-16-8-9/h6-7,9,16H,2-5,8H2,1H3. The van der Waals surface area contributed by atoms with Crippen LogP contribution in [0.1, 0.15) is 18.4 Å². The van der Waals surface area contributed by atoms with E-state index in [1.165, 1.54) is 13.2 Å². The van der Waals surface area contributed by atoms with Crippen LogP contribution < -0.4 is 10.1 Å². The number of benzene rings is 1. The van der Waals surface area contributed by atoms with Crippen LogP contribution in [0.15, 0.2) is 12.1 Å². The first kappa shape index (κ1) is 12.3. The minimum absolute atomic E-state index is 0.439. The molecule has 0 bridgehead atoms. The van der Waals surface area contributed by atoms with Gasteiger partial charge in [0.05, 0.1) is 7.11 Å². The number of halogens is 2. The molecule has 1 fully saturated rings. The average Bonchev–Trinajstić information content (AvgIpc) is 2.35. The van der Waals surface area contributed by atoms with Gasteiger partial charge in [0, 0.05) is 6.07 Å². The molecule has 2 rings (SSSR count). The highest BCUT2D eigenvalue weighted by Crippen LogP contribution is 2.26. The third-order valence-electron chi connectivity index (χ3n) is 3.23. The van der Waals surface area contributed by atoms with E-state index in [-0.39, 0.29) is 0 Å². The van der Waals surface area contributed by atoms with E-state index in [1.807, 2.05) is 0 Å². The van der Waals surface area contributed by atoms with Crippen molar-refractivity contribution in [3.05, 3.63) is 29.3 Å². The van der Waals surface area contributed by atoms with Crippen molar-refractivity contribution < 1.29 is 13.5 Å². The molecule has 0 saturated carbocycles. The molecule has 1 unspecified atom stereocenters. The fourth-order valence-electron chi connectivity index (χ4n) is 2.33. The topological polar surface area (TPSA) is 21.3 Å². The van der Waals surface area contributed by atoms with Crippen LogP contribution in [-0.4, -0.2) is 20.2 Å². The van der Waals surface area contributed by atoms with E-state index in [2.05, 4.69) is 5.32 Å². The average molecular weight is 241 g/mol. The second kappa shape index (κ2) is 5.45. The molecular formula is C13H17F2NO. The SMILES string of the molecule is COc1cc(F)c(F)cc1CC1CCCNC1. The molecule has 1 aromatic carbocycles. The lowest BCUT2D eigenvalue weighted by atomic mass is 9.92. The van der Waals surface area contributed by atoms with Gasteiger partial charge in [0.1, 0.15) is 5.75 Å². The molecule has 1 aliphatic heterocycles. The van der Waals surface area contributed by atoms with Gasteiger partial charge in [-0.1, -0.05) is 0 Å². The largest absolute Gasteiger partial charge is 0.496 e. The van der Waals surface area contributed by atoms with Crippen LogP contribution >= 0.6 is 0 Å². The van der Waals surface area contributed by atoms with Gasteiger partial charge in [0.25, 0.3) is 0 Å². The molecule has 1 saturated heterocycles. The minimum Gasteiger partial charge on any atom is -0.496 e. The first-order valence-electron chi connectivity index (χ1n) is 5.93. The summed E-state index contributed by atoms with van der Waals surface area (Å²) in [5, 5.41) is 3.31. The van der Waals surface area contributed by atoms with Crippen molar-refractivity contribution in [3.63, 3.8) is 0 Å². The van der Waals surface area contributed by atoms with Gasteiger partial charge in [-0.05, 0) is 49.9 Å². The predicted molar refractivity (Wildman–Crippen MR) is 62.2 cm³/mol. The highest BCUT2D eigenvalue weighted by atomic mass is 19.2. The Balaban J connectivity index is 2.15. The van der Waals surface area contributed by atoms with Crippen LogP contribution in [0.25, 0.3) is 0 Å². The van der Waals surface area contributed by atoms with Gasteiger partial charge in [-0.15, -0.1) is 0 Å². The monoisotopic (exact) mass is 241 g/mol. The van der Waals surface area contributed by atoms with E-state index >= 15 is 0 Å². The van der Waals surface area contributed by atoms with Gasteiger partial charge in [0.15, 0.2) is 11.6 Å². The van der Waals surface area contributed by atoms with Crippen LogP contribution in [-0.2, 0) is 6.42 Å². The van der Waals surface area contributed by atoms with Gasteiger partial charge in [-0.25, -0.2) is 8.78 Å². The minimum atomic E-state index is -0.854. The second-order valence-electron chi connectivity index (χ2n) is 4.49. The van der Waals surface area contributed by atoms with Crippen molar-refractivity contribution in [1.29, 1.82) is 0 Å². The van der Waals surface area contributed by atoms with Crippen molar-refractivity contribution in [2.24, 2.45) is 5.92 Å². The number of nitrogens with one attached hydrogen (secondary N) is 1. The van der Waals surface area contributed by atoms with E-state index in [4.69, 9.17) is 4.74 Å². The Morgan fingerprint density at radius 2 is 2.12 bits per heavy atom. The molecule has 0 aliphatic carbocycles. The number of hydrogen-bond acceptors (Lipinski definition) is 2. The highest BCUT2D eigenvalue weighted by molar-refractivity contribution is 5.35. The zero-order valence-corrected chi connectivity index (χ0v) is 9.93. The Morgan fingerprint density at radius 3 is 2.76 bits per heavy atom. The van der Waals surface area contributed by atoms with E-state index in [0.717, 1.165) is 44.0 Å². The molecule has 1 atom stereocenters. The molecule has 4 heteroatoms. The van der Waals surface area contributed by atoms with Crippen molar-refractivity contribution in [2.75, 3.05) is 20.2 Å². The normalized spacial score (nSPS) is 20.3. The molecule has 1 aliphatic rings. The Morgan fingerprint density at radius 1 is 1.35 bits per heavy atom. The lowest BCUT2D eigenvalue weighted by Gasteiger charge is -2.23. The maximum Gasteiger partial charge on any atom is 0.162 e. The van der Waals surface area contributed by atoms with E-state index in [1.54, 1.807) is 0 Å². The molecular weight excluding hydrogens is 224 g/mol. The van der Waals surface area contributed by atoms with Crippen LogP contribution in [0.3, 0.4) is 0 Å². The van der Waals surface area contributed by atoms with Crippen LogP contribution in [0.2, 0.25) is 0 Å². The van der Waals surface area contributed by atoms with Gasteiger partial charge < -0.3 is 10.1 Å². The van der Waals surface area contributed by atoms with E-state index in [0.29, 0.717) is 11.7 Å². The number of piperidine rings is 1. The summed E-state index contributed by atoms with van der Waals surface area (Å²) in [4.78, 5) is 0. The lowest BCUT2D eigenvalue weighted by Crippen LogP contribution is -2.30. The summed E-state index contributed by atoms with van der Waals surface area (Å²) in [5.74, 6) is -0.742. The predicted octanol–water partition coefficient (Wildman–Crippen LogP) is 2.52. The third-order valence-corrected chi connectivity index (χ3v) is 3.23. The van der Waals surface area contributed by atoms with Crippen LogP contribution in [0.4, 0.5) is 8.78 Å². The van der Waals surface area contributed by atoms with Crippen molar-refractivity contribution in [2.45, 2.75) is 19.3 Å². The van der Waals surface area contributed by atoms with Crippen LogP contribution in [0.5, 0.6) is 5.75 Å². The maximum atomic E-state index is 13.2. The molecule has 2 nitrogen and oxygen atoms in total. The Labute approximate surface area is 100.0 Å². The smallest absolute Gasteiger partial charge is 0.162 e. The van der Waals surface area contributed by atoms with E-state index < -0.39 is 11.6 Å². The Hall–Kier alpha value is -1.16. The zero-order chi connectivity index (χ0) is 12.3. The highest BCUT2D eigenvalue weighted by Gasteiger charge is 2.17. The van der Waals surface area contributed by atoms with Crippen molar-refractivity contribution in [1.82, 2.24) is 5.32 Å². The first-order valence-corrected chi connectivity index (χ1v) is 5.93. The quantitative estimate of drug-likeness (QED) is 0.878. The Kier molecular flexibility index (Phi) is 3.94. The fraction of sp³-hybridized carbons (Fsp3) is 0.538. The third kappa shape index (κ3) is 2.94. The molecule has 0 aromatic heterocycles. The molecule has 1 N–H and O–H groups in total. The summed E-state index contributed by atoms with van der Waals surface area (Å²) >= 11 is 0. The maximum absolute atomic E-state index is 13.2. The van der Waals surface area contributed by atoms with Crippen LogP contribution in [0, 0.1) is 17.6 Å². The molecule has 94 valence electrons. The molecule has 17 heavy (non-hydrogen) atoms. The fourth-order valence-corrected chi connectivity index (χ4v) is 2.33. The van der Waals surface area contributed by atoms with Crippen molar-refractivity contribution >= 4 is 0 Å². The Bertz CT molecular complexity index is 389. The number of rotatable bonds is 3. The zero-order valence-electron chi connectivity index (χ0n) is 9.93. The summed E-state index contributed by atoms with van der Waals surface area (Å²) in [6.45, 7) is 1.98. The second-order valence-corrected chi connectivity index (χ2v) is 4.49.